The van der Waals surface area contributed by atoms with Gasteiger partial charge >= 0.3 is 0 Å². The summed E-state index contributed by atoms with van der Waals surface area (Å²) in [5.74, 6) is 2.32. The zero-order chi connectivity index (χ0) is 12.5. The molecule has 1 aromatic carbocycles. The summed E-state index contributed by atoms with van der Waals surface area (Å²) in [6, 6.07) is 8.30. The van der Waals surface area contributed by atoms with Crippen LogP contribution in [0.3, 0.4) is 0 Å². The zero-order valence-corrected chi connectivity index (χ0v) is 11.2. The Kier molecular flexibility index (Phi) is 3.29. The fourth-order valence-corrected chi connectivity index (χ4v) is 3.73. The van der Waals surface area contributed by atoms with Gasteiger partial charge in [-0.2, -0.15) is 0 Å². The Labute approximate surface area is 110 Å². The van der Waals surface area contributed by atoms with E-state index in [-0.39, 0.29) is 0 Å². The molecule has 3 atom stereocenters. The molecular weight excluding hydrogens is 222 g/mol. The number of aromatic hydroxyl groups is 1. The Morgan fingerprint density at radius 3 is 2.39 bits per heavy atom. The molecule has 2 aliphatic rings. The van der Waals surface area contributed by atoms with Crippen molar-refractivity contribution in [3.05, 3.63) is 29.8 Å². The second kappa shape index (κ2) is 4.93. The van der Waals surface area contributed by atoms with Crippen LogP contribution in [0, 0.1) is 11.8 Å². The molecule has 3 rings (SSSR count). The van der Waals surface area contributed by atoms with E-state index in [4.69, 9.17) is 0 Å². The lowest BCUT2D eigenvalue weighted by atomic mass is 10.0. The maximum Gasteiger partial charge on any atom is 0.115 e. The molecule has 2 nitrogen and oxygen atoms in total. The lowest BCUT2D eigenvalue weighted by molar-refractivity contribution is 0.238. The van der Waals surface area contributed by atoms with Crippen molar-refractivity contribution >= 4 is 0 Å². The number of hydrogen-bond acceptors (Lipinski definition) is 2. The summed E-state index contributed by atoms with van der Waals surface area (Å²) in [4.78, 5) is 2.67. The first kappa shape index (κ1) is 12.0. The van der Waals surface area contributed by atoms with Crippen molar-refractivity contribution in [3.63, 3.8) is 0 Å². The largest absolute Gasteiger partial charge is 0.508 e. The lowest BCUT2D eigenvalue weighted by Crippen LogP contribution is -2.33. The molecule has 1 saturated heterocycles. The SMILES string of the molecule is CC(Cc1ccc(O)cc1)N1CC2CCCC2C1. The van der Waals surface area contributed by atoms with Gasteiger partial charge in [0.15, 0.2) is 0 Å². The van der Waals surface area contributed by atoms with Crippen molar-refractivity contribution in [2.24, 2.45) is 11.8 Å². The Balaban J connectivity index is 1.58. The molecule has 2 heteroatoms. The van der Waals surface area contributed by atoms with Gasteiger partial charge in [-0.15, -0.1) is 0 Å². The van der Waals surface area contributed by atoms with Crippen molar-refractivity contribution in [2.45, 2.75) is 38.6 Å². The minimum Gasteiger partial charge on any atom is -0.508 e. The molecule has 98 valence electrons. The lowest BCUT2D eigenvalue weighted by Gasteiger charge is -2.25. The van der Waals surface area contributed by atoms with Crippen LogP contribution >= 0.6 is 0 Å². The van der Waals surface area contributed by atoms with Crippen molar-refractivity contribution in [3.8, 4) is 5.75 Å². The quantitative estimate of drug-likeness (QED) is 0.884. The van der Waals surface area contributed by atoms with E-state index in [2.05, 4.69) is 11.8 Å². The molecule has 18 heavy (non-hydrogen) atoms. The van der Waals surface area contributed by atoms with Crippen LogP contribution in [0.25, 0.3) is 0 Å². The third-order valence-electron chi connectivity index (χ3n) is 4.85. The van der Waals surface area contributed by atoms with E-state index in [0.29, 0.717) is 11.8 Å². The van der Waals surface area contributed by atoms with E-state index in [9.17, 15) is 5.11 Å². The minimum atomic E-state index is 0.363. The van der Waals surface area contributed by atoms with Crippen LogP contribution in [0.1, 0.15) is 31.7 Å². The van der Waals surface area contributed by atoms with Crippen molar-refractivity contribution < 1.29 is 5.11 Å². The summed E-state index contributed by atoms with van der Waals surface area (Å²) in [7, 11) is 0. The van der Waals surface area contributed by atoms with Gasteiger partial charge in [-0.05, 0) is 55.7 Å². The van der Waals surface area contributed by atoms with E-state index >= 15 is 0 Å². The van der Waals surface area contributed by atoms with Gasteiger partial charge < -0.3 is 5.11 Å². The van der Waals surface area contributed by atoms with E-state index in [0.717, 1.165) is 18.3 Å². The molecule has 1 aromatic rings. The normalized spacial score (nSPS) is 29.4. The predicted octanol–water partition coefficient (Wildman–Crippen LogP) is 3.06. The van der Waals surface area contributed by atoms with Gasteiger partial charge in [0.2, 0.25) is 0 Å². The third-order valence-corrected chi connectivity index (χ3v) is 4.85. The number of benzene rings is 1. The average molecular weight is 245 g/mol. The summed E-state index contributed by atoms with van der Waals surface area (Å²) in [5, 5.41) is 9.30. The third kappa shape index (κ3) is 2.39. The Bertz CT molecular complexity index is 388. The summed E-state index contributed by atoms with van der Waals surface area (Å²) >= 11 is 0. The van der Waals surface area contributed by atoms with Gasteiger partial charge in [0.05, 0.1) is 0 Å². The second-order valence-electron chi connectivity index (χ2n) is 6.12. The highest BCUT2D eigenvalue weighted by Gasteiger charge is 2.37. The summed E-state index contributed by atoms with van der Waals surface area (Å²) in [6.07, 6.45) is 5.45. The van der Waals surface area contributed by atoms with E-state index < -0.39 is 0 Å². The Morgan fingerprint density at radius 2 is 1.78 bits per heavy atom. The molecule has 0 bridgehead atoms. The molecule has 0 aromatic heterocycles. The molecule has 3 unspecified atom stereocenters. The molecule has 1 aliphatic heterocycles. The van der Waals surface area contributed by atoms with Crippen molar-refractivity contribution in [2.75, 3.05) is 13.1 Å². The van der Waals surface area contributed by atoms with Crippen LogP contribution in [0.2, 0.25) is 0 Å². The molecule has 0 amide bonds. The molecule has 1 aliphatic carbocycles. The van der Waals surface area contributed by atoms with Gasteiger partial charge in [0.25, 0.3) is 0 Å². The van der Waals surface area contributed by atoms with Gasteiger partial charge in [0, 0.05) is 19.1 Å². The first-order chi connectivity index (χ1) is 8.72. The molecule has 2 fully saturated rings. The summed E-state index contributed by atoms with van der Waals surface area (Å²) in [6.45, 7) is 4.96. The van der Waals surface area contributed by atoms with Gasteiger partial charge in [0.1, 0.15) is 5.75 Å². The highest BCUT2D eigenvalue weighted by atomic mass is 16.3. The Hall–Kier alpha value is -1.02. The summed E-state index contributed by atoms with van der Waals surface area (Å²) in [5.41, 5.74) is 1.33. The topological polar surface area (TPSA) is 23.5 Å². The smallest absolute Gasteiger partial charge is 0.115 e. The molecule has 1 saturated carbocycles. The van der Waals surface area contributed by atoms with Gasteiger partial charge in [-0.25, -0.2) is 0 Å². The number of nitrogens with zero attached hydrogens (tertiary/aromatic N) is 1. The molecule has 1 N–H and O–H groups in total. The van der Waals surface area contributed by atoms with E-state index in [1.165, 1.54) is 37.9 Å². The fourth-order valence-electron chi connectivity index (χ4n) is 3.73. The highest BCUT2D eigenvalue weighted by molar-refractivity contribution is 5.26. The maximum atomic E-state index is 9.30. The number of phenols is 1. The standard InChI is InChI=1S/C16H23NO/c1-12(9-13-5-7-16(18)8-6-13)17-10-14-3-2-4-15(14)11-17/h5-8,12,14-15,18H,2-4,9-11H2,1H3. The molecule has 0 spiro atoms. The van der Waals surface area contributed by atoms with Crippen LogP contribution < -0.4 is 0 Å². The molecule has 0 radical (unpaired) electrons. The second-order valence-corrected chi connectivity index (χ2v) is 6.12. The fraction of sp³-hybridized carbons (Fsp3) is 0.625. The number of rotatable bonds is 3. The predicted molar refractivity (Wildman–Crippen MR) is 73.7 cm³/mol. The van der Waals surface area contributed by atoms with Crippen LogP contribution in [0.5, 0.6) is 5.75 Å². The highest BCUT2D eigenvalue weighted by Crippen LogP contribution is 2.38. The van der Waals surface area contributed by atoms with E-state index in [1.54, 1.807) is 12.1 Å². The zero-order valence-electron chi connectivity index (χ0n) is 11.2. The molecule has 1 heterocycles. The van der Waals surface area contributed by atoms with Crippen LogP contribution in [0.15, 0.2) is 24.3 Å². The first-order valence-corrected chi connectivity index (χ1v) is 7.24. The number of likely N-dealkylation sites (tertiary alicyclic amines) is 1. The van der Waals surface area contributed by atoms with Crippen molar-refractivity contribution in [1.29, 1.82) is 0 Å². The van der Waals surface area contributed by atoms with Crippen LogP contribution in [-0.2, 0) is 6.42 Å². The monoisotopic (exact) mass is 245 g/mol. The van der Waals surface area contributed by atoms with Gasteiger partial charge in [-0.3, -0.25) is 4.90 Å². The number of hydrogen-bond donors (Lipinski definition) is 1. The maximum absolute atomic E-state index is 9.30. The number of fused-ring (bicyclic) bond motifs is 1. The van der Waals surface area contributed by atoms with Gasteiger partial charge in [-0.1, -0.05) is 18.6 Å². The summed E-state index contributed by atoms with van der Waals surface area (Å²) < 4.78 is 0. The molecular formula is C16H23NO. The Morgan fingerprint density at radius 1 is 1.17 bits per heavy atom. The van der Waals surface area contributed by atoms with Crippen LogP contribution in [-0.4, -0.2) is 29.1 Å². The van der Waals surface area contributed by atoms with E-state index in [1.807, 2.05) is 12.1 Å². The average Bonchev–Trinajstić information content (AvgIpc) is 2.92. The minimum absolute atomic E-state index is 0.363. The van der Waals surface area contributed by atoms with Crippen LogP contribution in [0.4, 0.5) is 0 Å². The number of phenolic OH excluding ortho intramolecular Hbond substituents is 1. The first-order valence-electron chi connectivity index (χ1n) is 7.24. The van der Waals surface area contributed by atoms with Crippen molar-refractivity contribution in [1.82, 2.24) is 4.90 Å².